The van der Waals surface area contributed by atoms with Crippen LogP contribution in [0.2, 0.25) is 0 Å². The highest BCUT2D eigenvalue weighted by molar-refractivity contribution is 7.15. The molecular weight excluding hydrogens is 240 g/mol. The van der Waals surface area contributed by atoms with Gasteiger partial charge in [-0.15, -0.1) is 10.2 Å². The first-order chi connectivity index (χ1) is 8.20. The molecule has 1 amide bonds. The Morgan fingerprint density at radius 3 is 3.00 bits per heavy atom. The van der Waals surface area contributed by atoms with Crippen LogP contribution in [0.25, 0.3) is 0 Å². The molecule has 0 unspecified atom stereocenters. The maximum absolute atomic E-state index is 11.7. The van der Waals surface area contributed by atoms with Gasteiger partial charge >= 0.3 is 0 Å². The molecule has 0 spiro atoms. The second-order valence-corrected chi connectivity index (χ2v) is 4.24. The summed E-state index contributed by atoms with van der Waals surface area (Å²) in [6.45, 7) is 1.96. The molecule has 0 aromatic carbocycles. The van der Waals surface area contributed by atoms with Crippen molar-refractivity contribution in [2.45, 2.75) is 13.3 Å². The molecule has 0 fully saturated rings. The summed E-state index contributed by atoms with van der Waals surface area (Å²) in [4.78, 5) is 15.5. The number of anilines is 1. The highest BCUT2D eigenvalue weighted by Gasteiger charge is 2.14. The Bertz CT molecular complexity index is 541. The summed E-state index contributed by atoms with van der Waals surface area (Å²) in [5.41, 5.74) is -0.0271. The molecule has 0 radical (unpaired) electrons. The van der Waals surface area contributed by atoms with E-state index in [4.69, 9.17) is 0 Å². The first kappa shape index (κ1) is 11.5. The van der Waals surface area contributed by atoms with E-state index >= 15 is 0 Å². The Hall–Kier alpha value is -2.02. The lowest BCUT2D eigenvalue weighted by molar-refractivity contribution is 0.101. The highest BCUT2D eigenvalue weighted by Crippen LogP contribution is 2.18. The fourth-order valence-electron chi connectivity index (χ4n) is 1.18. The number of amides is 1. The second kappa shape index (κ2) is 4.88. The van der Waals surface area contributed by atoms with Crippen LogP contribution in [0, 0.1) is 0 Å². The minimum Gasteiger partial charge on any atom is -0.505 e. The predicted molar refractivity (Wildman–Crippen MR) is 63.1 cm³/mol. The van der Waals surface area contributed by atoms with Gasteiger partial charge in [-0.2, -0.15) is 0 Å². The zero-order chi connectivity index (χ0) is 12.3. The van der Waals surface area contributed by atoms with Crippen LogP contribution in [0.3, 0.4) is 0 Å². The Labute approximate surface area is 101 Å². The van der Waals surface area contributed by atoms with E-state index in [1.165, 1.54) is 23.6 Å². The van der Waals surface area contributed by atoms with Gasteiger partial charge in [0.1, 0.15) is 10.8 Å². The van der Waals surface area contributed by atoms with E-state index < -0.39 is 5.91 Å². The van der Waals surface area contributed by atoms with Crippen LogP contribution in [0.1, 0.15) is 22.4 Å². The topological polar surface area (TPSA) is 88.0 Å². The molecule has 0 aliphatic rings. The summed E-state index contributed by atoms with van der Waals surface area (Å²) in [5.74, 6) is -0.660. The third-order valence-electron chi connectivity index (χ3n) is 1.99. The van der Waals surface area contributed by atoms with Crippen molar-refractivity contribution in [1.29, 1.82) is 0 Å². The van der Waals surface area contributed by atoms with Crippen LogP contribution in [-0.4, -0.2) is 26.2 Å². The Morgan fingerprint density at radius 2 is 2.35 bits per heavy atom. The lowest BCUT2D eigenvalue weighted by atomic mass is 10.3. The molecule has 7 heteroatoms. The minimum absolute atomic E-state index is 0.0271. The van der Waals surface area contributed by atoms with Crippen LogP contribution < -0.4 is 5.32 Å². The van der Waals surface area contributed by atoms with Crippen molar-refractivity contribution in [3.8, 4) is 5.75 Å². The molecule has 0 saturated carbocycles. The van der Waals surface area contributed by atoms with Gasteiger partial charge in [-0.25, -0.2) is 4.98 Å². The summed E-state index contributed by atoms with van der Waals surface area (Å²) in [6.07, 6.45) is 2.20. The summed E-state index contributed by atoms with van der Waals surface area (Å²) < 4.78 is 0. The molecule has 0 aliphatic carbocycles. The zero-order valence-electron chi connectivity index (χ0n) is 9.04. The van der Waals surface area contributed by atoms with Gasteiger partial charge < -0.3 is 5.11 Å². The molecule has 0 saturated heterocycles. The molecule has 2 rings (SSSR count). The van der Waals surface area contributed by atoms with Crippen LogP contribution in [0.15, 0.2) is 18.3 Å². The number of pyridine rings is 1. The standard InChI is InChI=1S/C10H10N4O2S/c1-2-7-13-14-10(17-7)12-9(16)8-6(15)4-3-5-11-8/h3-5,15H,2H2,1H3,(H,12,14,16). The van der Waals surface area contributed by atoms with Gasteiger partial charge in [0.15, 0.2) is 5.69 Å². The summed E-state index contributed by atoms with van der Waals surface area (Å²) >= 11 is 1.30. The molecule has 2 heterocycles. The summed E-state index contributed by atoms with van der Waals surface area (Å²) in [7, 11) is 0. The predicted octanol–water partition coefficient (Wildman–Crippen LogP) is 1.45. The number of rotatable bonds is 3. The maximum Gasteiger partial charge on any atom is 0.279 e. The summed E-state index contributed by atoms with van der Waals surface area (Å²) in [5, 5.41) is 20.9. The Morgan fingerprint density at radius 1 is 1.53 bits per heavy atom. The van der Waals surface area contributed by atoms with Crippen molar-refractivity contribution in [2.75, 3.05) is 5.32 Å². The molecule has 6 nitrogen and oxygen atoms in total. The smallest absolute Gasteiger partial charge is 0.279 e. The molecule has 2 N–H and O–H groups in total. The van der Waals surface area contributed by atoms with Crippen molar-refractivity contribution < 1.29 is 9.90 Å². The highest BCUT2D eigenvalue weighted by atomic mass is 32.1. The number of carbonyl (C=O) groups is 1. The maximum atomic E-state index is 11.7. The molecule has 2 aromatic rings. The number of hydrogen-bond acceptors (Lipinski definition) is 6. The molecule has 0 bridgehead atoms. The Balaban J connectivity index is 2.14. The quantitative estimate of drug-likeness (QED) is 0.860. The van der Waals surface area contributed by atoms with E-state index in [1.54, 1.807) is 6.07 Å². The minimum atomic E-state index is -0.498. The fourth-order valence-corrected chi connectivity index (χ4v) is 1.85. The average molecular weight is 250 g/mol. The number of carbonyl (C=O) groups excluding carboxylic acids is 1. The van der Waals surface area contributed by atoms with Crippen molar-refractivity contribution in [3.05, 3.63) is 29.0 Å². The lowest BCUT2D eigenvalue weighted by Gasteiger charge is -2.01. The van der Waals surface area contributed by atoms with Gasteiger partial charge in [-0.3, -0.25) is 10.1 Å². The van der Waals surface area contributed by atoms with E-state index in [0.717, 1.165) is 11.4 Å². The summed E-state index contributed by atoms with van der Waals surface area (Å²) in [6, 6.07) is 2.95. The van der Waals surface area contributed by atoms with Gasteiger partial charge in [-0.1, -0.05) is 18.3 Å². The van der Waals surface area contributed by atoms with Crippen molar-refractivity contribution in [1.82, 2.24) is 15.2 Å². The van der Waals surface area contributed by atoms with Crippen molar-refractivity contribution in [3.63, 3.8) is 0 Å². The van der Waals surface area contributed by atoms with Gasteiger partial charge in [-0.05, 0) is 18.6 Å². The SMILES string of the molecule is CCc1nnc(NC(=O)c2ncccc2O)s1. The normalized spacial score (nSPS) is 10.2. The molecular formula is C10H10N4O2S. The Kier molecular flexibility index (Phi) is 3.29. The van der Waals surface area contributed by atoms with Crippen LogP contribution in [0.4, 0.5) is 5.13 Å². The number of nitrogens with zero attached hydrogens (tertiary/aromatic N) is 3. The van der Waals surface area contributed by atoms with Crippen LogP contribution in [0.5, 0.6) is 5.75 Å². The average Bonchev–Trinajstić information content (AvgIpc) is 2.77. The van der Waals surface area contributed by atoms with E-state index in [1.807, 2.05) is 6.92 Å². The molecule has 0 aliphatic heterocycles. The van der Waals surface area contributed by atoms with Crippen molar-refractivity contribution >= 4 is 22.4 Å². The first-order valence-electron chi connectivity index (χ1n) is 4.98. The van der Waals surface area contributed by atoms with Gasteiger partial charge in [0.05, 0.1) is 0 Å². The zero-order valence-corrected chi connectivity index (χ0v) is 9.86. The number of aromatic nitrogens is 3. The fraction of sp³-hybridized carbons (Fsp3) is 0.200. The van der Waals surface area contributed by atoms with Gasteiger partial charge in [0.2, 0.25) is 5.13 Å². The van der Waals surface area contributed by atoms with Gasteiger partial charge in [0, 0.05) is 6.20 Å². The molecule has 2 aromatic heterocycles. The van der Waals surface area contributed by atoms with Crippen LogP contribution in [-0.2, 0) is 6.42 Å². The van der Waals surface area contributed by atoms with E-state index in [9.17, 15) is 9.90 Å². The number of aryl methyl sites for hydroxylation is 1. The van der Waals surface area contributed by atoms with Crippen molar-refractivity contribution in [2.24, 2.45) is 0 Å². The van der Waals surface area contributed by atoms with E-state index in [2.05, 4.69) is 20.5 Å². The second-order valence-electron chi connectivity index (χ2n) is 3.18. The molecule has 17 heavy (non-hydrogen) atoms. The molecule has 0 atom stereocenters. The van der Waals surface area contributed by atoms with Gasteiger partial charge in [0.25, 0.3) is 5.91 Å². The largest absolute Gasteiger partial charge is 0.505 e. The first-order valence-corrected chi connectivity index (χ1v) is 5.80. The lowest BCUT2D eigenvalue weighted by Crippen LogP contribution is -2.13. The molecule has 88 valence electrons. The third kappa shape index (κ3) is 2.56. The van der Waals surface area contributed by atoms with E-state index in [-0.39, 0.29) is 11.4 Å². The van der Waals surface area contributed by atoms with E-state index in [0.29, 0.717) is 5.13 Å². The number of aromatic hydroxyl groups is 1. The van der Waals surface area contributed by atoms with Crippen LogP contribution >= 0.6 is 11.3 Å². The third-order valence-corrected chi connectivity index (χ3v) is 2.97. The number of nitrogens with one attached hydrogen (secondary N) is 1. The monoisotopic (exact) mass is 250 g/mol. The number of hydrogen-bond donors (Lipinski definition) is 2.